The highest BCUT2D eigenvalue weighted by Gasteiger charge is 2.28. The number of amides is 1. The van der Waals surface area contributed by atoms with Crippen LogP contribution >= 0.6 is 15.9 Å². The zero-order valence-corrected chi connectivity index (χ0v) is 13.6. The van der Waals surface area contributed by atoms with Gasteiger partial charge in [0.2, 0.25) is 15.9 Å². The van der Waals surface area contributed by atoms with E-state index < -0.39 is 26.6 Å². The summed E-state index contributed by atoms with van der Waals surface area (Å²) in [5.74, 6) is -1.27. The highest BCUT2D eigenvalue weighted by molar-refractivity contribution is 9.10. The smallest absolute Gasteiger partial charge is 0.246 e. The van der Waals surface area contributed by atoms with Gasteiger partial charge in [-0.2, -0.15) is 4.31 Å². The number of carbonyl (C=O) groups excluding carboxylic acids is 1. The van der Waals surface area contributed by atoms with Crippen LogP contribution in [-0.2, 0) is 14.8 Å². The van der Waals surface area contributed by atoms with Crippen LogP contribution in [0.15, 0.2) is 27.6 Å². The molecular weight excluding hydrogens is 351 g/mol. The molecule has 1 aromatic carbocycles. The van der Waals surface area contributed by atoms with Gasteiger partial charge >= 0.3 is 0 Å². The van der Waals surface area contributed by atoms with Gasteiger partial charge in [0.1, 0.15) is 10.7 Å². The number of nitrogens with one attached hydrogen (secondary N) is 1. The largest absolute Gasteiger partial charge is 0.355 e. The number of carbonyl (C=O) groups is 1. The molecule has 20 heavy (non-hydrogen) atoms. The Kier molecular flexibility index (Phi) is 6.09. The summed E-state index contributed by atoms with van der Waals surface area (Å²) in [7, 11) is -4.05. The first-order valence-electron chi connectivity index (χ1n) is 6.04. The molecule has 8 heteroatoms. The Hall–Kier alpha value is -0.990. The molecule has 0 unspecified atom stereocenters. The fraction of sp³-hybridized carbons (Fsp3) is 0.417. The normalized spacial score (nSPS) is 11.7. The van der Waals surface area contributed by atoms with Crippen LogP contribution in [-0.4, -0.2) is 38.3 Å². The van der Waals surface area contributed by atoms with Gasteiger partial charge in [-0.3, -0.25) is 4.79 Å². The lowest BCUT2D eigenvalue weighted by Gasteiger charge is -2.20. The van der Waals surface area contributed by atoms with E-state index in [-0.39, 0.29) is 13.1 Å². The predicted octanol–water partition coefficient (Wildman–Crippen LogP) is 1.73. The average Bonchev–Trinajstić information content (AvgIpc) is 2.38. The van der Waals surface area contributed by atoms with Crippen LogP contribution < -0.4 is 5.32 Å². The molecule has 1 N–H and O–H groups in total. The first-order valence-corrected chi connectivity index (χ1v) is 8.28. The van der Waals surface area contributed by atoms with E-state index >= 15 is 0 Å². The number of halogens is 2. The van der Waals surface area contributed by atoms with Crippen LogP contribution in [0.4, 0.5) is 4.39 Å². The first kappa shape index (κ1) is 17.1. The van der Waals surface area contributed by atoms with E-state index in [9.17, 15) is 17.6 Å². The minimum atomic E-state index is -4.05. The fourth-order valence-electron chi connectivity index (χ4n) is 1.59. The van der Waals surface area contributed by atoms with Crippen LogP contribution in [0.1, 0.15) is 13.8 Å². The second kappa shape index (κ2) is 7.14. The van der Waals surface area contributed by atoms with E-state index in [4.69, 9.17) is 0 Å². The number of sulfonamides is 1. The summed E-state index contributed by atoms with van der Waals surface area (Å²) in [6.45, 7) is 3.47. The van der Waals surface area contributed by atoms with Gasteiger partial charge < -0.3 is 5.32 Å². The predicted molar refractivity (Wildman–Crippen MR) is 77.2 cm³/mol. The Bertz CT molecular complexity index is 592. The maximum absolute atomic E-state index is 13.7. The fourth-order valence-corrected chi connectivity index (χ4v) is 3.60. The van der Waals surface area contributed by atoms with Gasteiger partial charge in [0.05, 0.1) is 6.54 Å². The number of likely N-dealkylation sites (N-methyl/N-ethyl adjacent to an activating group) is 2. The van der Waals surface area contributed by atoms with Gasteiger partial charge in [0, 0.05) is 17.6 Å². The van der Waals surface area contributed by atoms with Gasteiger partial charge in [-0.15, -0.1) is 0 Å². The van der Waals surface area contributed by atoms with Gasteiger partial charge in [-0.1, -0.05) is 22.9 Å². The van der Waals surface area contributed by atoms with E-state index in [1.165, 1.54) is 12.1 Å². The van der Waals surface area contributed by atoms with E-state index in [1.807, 2.05) is 0 Å². The van der Waals surface area contributed by atoms with Crippen molar-refractivity contribution >= 4 is 31.9 Å². The maximum atomic E-state index is 13.7. The van der Waals surface area contributed by atoms with Crippen LogP contribution in [0.3, 0.4) is 0 Å². The molecule has 0 aliphatic rings. The molecule has 1 rings (SSSR count). The molecule has 5 nitrogen and oxygen atoms in total. The molecule has 0 aliphatic heterocycles. The van der Waals surface area contributed by atoms with Crippen molar-refractivity contribution in [3.63, 3.8) is 0 Å². The Morgan fingerprint density at radius 3 is 2.60 bits per heavy atom. The van der Waals surface area contributed by atoms with Gasteiger partial charge in [0.15, 0.2) is 0 Å². The number of hydrogen-bond acceptors (Lipinski definition) is 3. The summed E-state index contributed by atoms with van der Waals surface area (Å²) in [6.07, 6.45) is 0. The second-order valence-corrected chi connectivity index (χ2v) is 6.78. The van der Waals surface area contributed by atoms with Crippen LogP contribution in [0.2, 0.25) is 0 Å². The number of hydrogen-bond donors (Lipinski definition) is 1. The third-order valence-electron chi connectivity index (χ3n) is 2.56. The molecule has 0 atom stereocenters. The lowest BCUT2D eigenvalue weighted by atomic mass is 10.3. The van der Waals surface area contributed by atoms with E-state index in [0.717, 1.165) is 10.4 Å². The first-order chi connectivity index (χ1) is 9.32. The molecule has 0 aliphatic carbocycles. The lowest BCUT2D eigenvalue weighted by Crippen LogP contribution is -2.40. The molecule has 0 radical (unpaired) electrons. The second-order valence-electron chi connectivity index (χ2n) is 3.96. The van der Waals surface area contributed by atoms with Crippen molar-refractivity contribution in [3.05, 3.63) is 28.5 Å². The Morgan fingerprint density at radius 2 is 2.05 bits per heavy atom. The van der Waals surface area contributed by atoms with Crippen molar-refractivity contribution in [2.24, 2.45) is 0 Å². The van der Waals surface area contributed by atoms with E-state index in [1.54, 1.807) is 13.8 Å². The summed E-state index contributed by atoms with van der Waals surface area (Å²) in [6, 6.07) is 3.66. The van der Waals surface area contributed by atoms with Crippen molar-refractivity contribution in [1.82, 2.24) is 9.62 Å². The Labute approximate surface area is 126 Å². The topological polar surface area (TPSA) is 66.5 Å². The number of nitrogens with zero attached hydrogens (tertiary/aromatic N) is 1. The van der Waals surface area contributed by atoms with Gasteiger partial charge in [-0.25, -0.2) is 12.8 Å². The zero-order chi connectivity index (χ0) is 15.3. The SMILES string of the molecule is CCNC(=O)CN(CC)S(=O)(=O)c1cc(Br)ccc1F. The highest BCUT2D eigenvalue weighted by atomic mass is 79.9. The van der Waals surface area contributed by atoms with E-state index in [0.29, 0.717) is 11.0 Å². The summed E-state index contributed by atoms with van der Waals surface area (Å²) >= 11 is 3.11. The van der Waals surface area contributed by atoms with Crippen molar-refractivity contribution in [2.45, 2.75) is 18.7 Å². The zero-order valence-electron chi connectivity index (χ0n) is 11.2. The minimum absolute atomic E-state index is 0.0748. The molecule has 0 saturated heterocycles. The van der Waals surface area contributed by atoms with Gasteiger partial charge in [-0.05, 0) is 25.1 Å². The van der Waals surface area contributed by atoms with Crippen molar-refractivity contribution < 1.29 is 17.6 Å². The summed E-state index contributed by atoms with van der Waals surface area (Å²) in [4.78, 5) is 11.1. The molecule has 1 amide bonds. The molecule has 0 fully saturated rings. The van der Waals surface area contributed by atoms with Crippen LogP contribution in [0, 0.1) is 5.82 Å². The number of rotatable bonds is 6. The highest BCUT2D eigenvalue weighted by Crippen LogP contribution is 2.23. The standard InChI is InChI=1S/C12H16BrFN2O3S/c1-3-15-12(17)8-16(4-2)20(18,19)11-7-9(13)5-6-10(11)14/h5-7H,3-4,8H2,1-2H3,(H,15,17). The van der Waals surface area contributed by atoms with E-state index in [2.05, 4.69) is 21.2 Å². The molecule has 0 spiro atoms. The molecule has 0 saturated carbocycles. The third-order valence-corrected chi connectivity index (χ3v) is 4.99. The van der Waals surface area contributed by atoms with Crippen molar-refractivity contribution in [3.8, 4) is 0 Å². The third kappa shape index (κ3) is 4.00. The summed E-state index contributed by atoms with van der Waals surface area (Å²) in [5, 5.41) is 2.51. The minimum Gasteiger partial charge on any atom is -0.355 e. The quantitative estimate of drug-likeness (QED) is 0.833. The maximum Gasteiger partial charge on any atom is 0.246 e. The van der Waals surface area contributed by atoms with Crippen LogP contribution in [0.25, 0.3) is 0 Å². The Balaban J connectivity index is 3.12. The van der Waals surface area contributed by atoms with Crippen molar-refractivity contribution in [1.29, 1.82) is 0 Å². The van der Waals surface area contributed by atoms with Crippen LogP contribution in [0.5, 0.6) is 0 Å². The molecule has 0 heterocycles. The summed E-state index contributed by atoms with van der Waals surface area (Å²) < 4.78 is 39.8. The number of benzene rings is 1. The van der Waals surface area contributed by atoms with Crippen molar-refractivity contribution in [2.75, 3.05) is 19.6 Å². The molecule has 1 aromatic rings. The monoisotopic (exact) mass is 366 g/mol. The average molecular weight is 367 g/mol. The molecule has 0 bridgehead atoms. The molecule has 112 valence electrons. The Morgan fingerprint density at radius 1 is 1.40 bits per heavy atom. The summed E-state index contributed by atoms with van der Waals surface area (Å²) in [5.41, 5.74) is 0. The van der Waals surface area contributed by atoms with Gasteiger partial charge in [0.25, 0.3) is 0 Å². The molecular formula is C12H16BrFN2O3S. The lowest BCUT2D eigenvalue weighted by molar-refractivity contribution is -0.121. The molecule has 0 aromatic heterocycles.